The maximum absolute atomic E-state index is 13.0. The smallest absolute Gasteiger partial charge is 0.262 e. The molecule has 0 bridgehead atoms. The van der Waals surface area contributed by atoms with Gasteiger partial charge >= 0.3 is 0 Å². The summed E-state index contributed by atoms with van der Waals surface area (Å²) in [5.41, 5.74) is 3.19. The van der Waals surface area contributed by atoms with E-state index in [-0.39, 0.29) is 43.0 Å². The van der Waals surface area contributed by atoms with Gasteiger partial charge in [-0.15, -0.1) is 0 Å². The fourth-order valence-electron chi connectivity index (χ4n) is 4.17. The van der Waals surface area contributed by atoms with Crippen LogP contribution in [-0.2, 0) is 19.6 Å². The lowest BCUT2D eigenvalue weighted by atomic mass is 9.92. The van der Waals surface area contributed by atoms with E-state index in [4.69, 9.17) is 4.74 Å². The molecule has 3 heterocycles. The zero-order valence-electron chi connectivity index (χ0n) is 17.7. The van der Waals surface area contributed by atoms with Crippen LogP contribution in [-0.4, -0.2) is 73.9 Å². The van der Waals surface area contributed by atoms with E-state index in [1.54, 1.807) is 11.0 Å². The highest BCUT2D eigenvalue weighted by molar-refractivity contribution is 7.89. The molecule has 2 fully saturated rings. The van der Waals surface area contributed by atoms with E-state index in [1.165, 1.54) is 16.4 Å². The summed E-state index contributed by atoms with van der Waals surface area (Å²) in [4.78, 5) is 26.1. The standard InChI is InChI=1S/C23H23N3O6S/c27-13-19(15-4-2-1-3-5-15)23(29)25-9-16(10-25)17-11-26(12-17)33(30,31)18-6-7-21-20(8-18)24-22(28)14-32-21/h1-8,19,27H,9-14H2,(H,24,28)/t19-/m1/s1. The molecule has 0 radical (unpaired) electrons. The highest BCUT2D eigenvalue weighted by Crippen LogP contribution is 2.35. The Balaban J connectivity index is 1.22. The Morgan fingerprint density at radius 2 is 1.76 bits per heavy atom. The summed E-state index contributed by atoms with van der Waals surface area (Å²) in [6, 6.07) is 13.6. The number of hydrogen-bond acceptors (Lipinski definition) is 6. The van der Waals surface area contributed by atoms with Crippen molar-refractivity contribution in [3.8, 4) is 5.75 Å². The molecule has 172 valence electrons. The predicted molar refractivity (Wildman–Crippen MR) is 119 cm³/mol. The number of sulfonamides is 1. The summed E-state index contributed by atoms with van der Waals surface area (Å²) < 4.78 is 32.6. The molecule has 2 aromatic carbocycles. The first-order valence-electron chi connectivity index (χ1n) is 10.6. The number of nitrogens with zero attached hydrogens (tertiary/aromatic N) is 2. The van der Waals surface area contributed by atoms with Crippen LogP contribution in [0, 0.1) is 0 Å². The van der Waals surface area contributed by atoms with Gasteiger partial charge in [0.25, 0.3) is 5.91 Å². The van der Waals surface area contributed by atoms with Crippen LogP contribution in [0.5, 0.6) is 5.75 Å². The van der Waals surface area contributed by atoms with Crippen LogP contribution in [0.25, 0.3) is 0 Å². The van der Waals surface area contributed by atoms with Crippen molar-refractivity contribution >= 4 is 27.5 Å². The summed E-state index contributed by atoms with van der Waals surface area (Å²) >= 11 is 0. The molecule has 10 heteroatoms. The Hall–Kier alpha value is -3.21. The quantitative estimate of drug-likeness (QED) is 0.630. The van der Waals surface area contributed by atoms with E-state index in [2.05, 4.69) is 5.32 Å². The van der Waals surface area contributed by atoms with Crippen molar-refractivity contribution in [1.82, 2.24) is 9.21 Å². The maximum atomic E-state index is 13.0. The van der Waals surface area contributed by atoms with Gasteiger partial charge in [-0.2, -0.15) is 4.31 Å². The number of anilines is 1. The molecule has 3 aliphatic rings. The van der Waals surface area contributed by atoms with Crippen molar-refractivity contribution in [2.24, 2.45) is 0 Å². The number of ether oxygens (including phenoxy) is 1. The van der Waals surface area contributed by atoms with Crippen molar-refractivity contribution in [2.75, 3.05) is 44.7 Å². The van der Waals surface area contributed by atoms with Gasteiger partial charge in [0.15, 0.2) is 6.61 Å². The number of nitrogens with one attached hydrogen (secondary N) is 1. The lowest BCUT2D eigenvalue weighted by Gasteiger charge is -2.42. The molecular weight excluding hydrogens is 446 g/mol. The first kappa shape index (κ1) is 21.6. The monoisotopic (exact) mass is 469 g/mol. The zero-order valence-corrected chi connectivity index (χ0v) is 18.5. The number of aliphatic hydroxyl groups is 1. The van der Waals surface area contributed by atoms with Gasteiger partial charge in [0.2, 0.25) is 15.9 Å². The Morgan fingerprint density at radius 1 is 1.06 bits per heavy atom. The Labute approximate surface area is 191 Å². The fraction of sp³-hybridized carbons (Fsp3) is 0.304. The minimum atomic E-state index is -3.71. The molecule has 0 unspecified atom stereocenters. The molecule has 2 aromatic rings. The van der Waals surface area contributed by atoms with Crippen molar-refractivity contribution in [3.05, 3.63) is 65.2 Å². The molecule has 0 aromatic heterocycles. The summed E-state index contributed by atoms with van der Waals surface area (Å²) in [6.07, 6.45) is 0. The van der Waals surface area contributed by atoms with Crippen molar-refractivity contribution in [1.29, 1.82) is 0 Å². The number of hydrogen-bond donors (Lipinski definition) is 2. The number of rotatable bonds is 5. The third-order valence-electron chi connectivity index (χ3n) is 6.21. The summed E-state index contributed by atoms with van der Waals surface area (Å²) in [5.74, 6) is -0.608. The molecule has 9 nitrogen and oxygen atoms in total. The van der Waals surface area contributed by atoms with E-state index in [1.807, 2.05) is 30.3 Å². The maximum Gasteiger partial charge on any atom is 0.262 e. The van der Waals surface area contributed by atoms with Crippen LogP contribution in [0.3, 0.4) is 0 Å². The average Bonchev–Trinajstić information content (AvgIpc) is 2.74. The summed E-state index contributed by atoms with van der Waals surface area (Å²) in [6.45, 7) is 1.11. The number of benzene rings is 2. The van der Waals surface area contributed by atoms with Gasteiger partial charge in [0.1, 0.15) is 5.75 Å². The van der Waals surface area contributed by atoms with Crippen LogP contribution in [0.4, 0.5) is 5.69 Å². The fourth-order valence-corrected chi connectivity index (χ4v) is 5.63. The normalized spacial score (nSPS) is 19.1. The molecule has 2 saturated heterocycles. The van der Waals surface area contributed by atoms with Gasteiger partial charge in [0, 0.05) is 26.2 Å². The van der Waals surface area contributed by atoms with Gasteiger partial charge in [-0.05, 0) is 34.9 Å². The van der Waals surface area contributed by atoms with Crippen LogP contribution in [0.2, 0.25) is 0 Å². The predicted octanol–water partition coefficient (Wildman–Crippen LogP) is 0.937. The average molecular weight is 470 g/mol. The molecule has 1 atom stereocenters. The number of amides is 2. The van der Waals surface area contributed by atoms with Gasteiger partial charge in [-0.1, -0.05) is 30.3 Å². The number of carbonyl (C=O) groups is 2. The van der Waals surface area contributed by atoms with E-state index in [9.17, 15) is 23.1 Å². The largest absolute Gasteiger partial charge is 0.482 e. The van der Waals surface area contributed by atoms with Crippen LogP contribution in [0.1, 0.15) is 11.5 Å². The van der Waals surface area contributed by atoms with E-state index in [0.29, 0.717) is 24.5 Å². The topological polar surface area (TPSA) is 116 Å². The lowest BCUT2D eigenvalue weighted by Crippen LogP contribution is -2.52. The van der Waals surface area contributed by atoms with Gasteiger partial charge < -0.3 is 20.1 Å². The minimum absolute atomic E-state index is 0.0912. The SMILES string of the molecule is O=C1COc2ccc(S(=O)(=O)N3CC(=C4CN(C(=O)[C@H](CO)c5ccccc5)C4)C3)cc2N1. The number of fused-ring (bicyclic) bond motifs is 1. The van der Waals surface area contributed by atoms with Crippen LogP contribution < -0.4 is 10.1 Å². The van der Waals surface area contributed by atoms with E-state index >= 15 is 0 Å². The summed E-state index contributed by atoms with van der Waals surface area (Å²) in [5, 5.41) is 12.3. The third kappa shape index (κ3) is 3.90. The minimum Gasteiger partial charge on any atom is -0.482 e. The highest BCUT2D eigenvalue weighted by atomic mass is 32.2. The van der Waals surface area contributed by atoms with Crippen molar-refractivity contribution in [3.63, 3.8) is 0 Å². The van der Waals surface area contributed by atoms with Crippen LogP contribution in [0.15, 0.2) is 64.6 Å². The first-order chi connectivity index (χ1) is 15.9. The molecule has 3 aliphatic heterocycles. The number of carbonyl (C=O) groups excluding carboxylic acids is 2. The Bertz CT molecular complexity index is 1240. The van der Waals surface area contributed by atoms with Crippen molar-refractivity contribution < 1.29 is 27.9 Å². The molecular formula is C23H23N3O6S. The zero-order chi connectivity index (χ0) is 23.2. The van der Waals surface area contributed by atoms with E-state index < -0.39 is 15.9 Å². The van der Waals surface area contributed by atoms with Crippen molar-refractivity contribution in [2.45, 2.75) is 10.8 Å². The highest BCUT2D eigenvalue weighted by Gasteiger charge is 2.39. The lowest BCUT2D eigenvalue weighted by molar-refractivity contribution is -0.135. The molecule has 5 rings (SSSR count). The second-order valence-corrected chi connectivity index (χ2v) is 10.3. The second-order valence-electron chi connectivity index (χ2n) is 8.32. The summed E-state index contributed by atoms with van der Waals surface area (Å²) in [7, 11) is -3.71. The van der Waals surface area contributed by atoms with Gasteiger partial charge in [-0.25, -0.2) is 8.42 Å². The third-order valence-corrected chi connectivity index (χ3v) is 8.00. The number of likely N-dealkylation sites (tertiary alicyclic amines) is 1. The first-order valence-corrected chi connectivity index (χ1v) is 12.0. The Morgan fingerprint density at radius 3 is 2.45 bits per heavy atom. The van der Waals surface area contributed by atoms with E-state index in [0.717, 1.165) is 16.7 Å². The molecule has 0 saturated carbocycles. The van der Waals surface area contributed by atoms with Crippen LogP contribution >= 0.6 is 0 Å². The molecule has 2 amide bonds. The molecule has 0 aliphatic carbocycles. The molecule has 2 N–H and O–H groups in total. The molecule has 33 heavy (non-hydrogen) atoms. The molecule has 0 spiro atoms. The van der Waals surface area contributed by atoms with Gasteiger partial charge in [0.05, 0.1) is 23.1 Å². The number of aliphatic hydroxyl groups excluding tert-OH is 1. The van der Waals surface area contributed by atoms with Gasteiger partial charge in [-0.3, -0.25) is 9.59 Å². The Kier molecular flexibility index (Phi) is 5.43. The second kappa shape index (κ2) is 8.29.